The molecule has 3 rings (SSSR count). The summed E-state index contributed by atoms with van der Waals surface area (Å²) in [6.45, 7) is 1.34. The van der Waals surface area contributed by atoms with E-state index in [1.54, 1.807) is 28.8 Å². The number of H-pyrrole nitrogens is 1. The summed E-state index contributed by atoms with van der Waals surface area (Å²) >= 11 is 5.31. The van der Waals surface area contributed by atoms with Gasteiger partial charge in [-0.15, -0.1) is 0 Å². The number of benzene rings is 2. The molecule has 0 saturated heterocycles. The Kier molecular flexibility index (Phi) is 4.99. The fourth-order valence-electron chi connectivity index (χ4n) is 2.58. The van der Waals surface area contributed by atoms with Crippen LogP contribution in [0.5, 0.6) is 5.75 Å². The Morgan fingerprint density at radius 2 is 1.85 bits per heavy atom. The number of amides is 1. The van der Waals surface area contributed by atoms with Gasteiger partial charge >= 0.3 is 0 Å². The number of carbonyl (C=O) groups is 2. The maximum atomic E-state index is 12.7. The van der Waals surface area contributed by atoms with Crippen molar-refractivity contribution in [2.75, 3.05) is 12.4 Å². The number of nitrogens with zero attached hydrogens (tertiary/aromatic N) is 1. The van der Waals surface area contributed by atoms with E-state index in [-0.39, 0.29) is 11.4 Å². The van der Waals surface area contributed by atoms with E-state index >= 15 is 0 Å². The molecule has 0 radical (unpaired) electrons. The molecule has 2 N–H and O–H groups in total. The number of anilines is 1. The van der Waals surface area contributed by atoms with Crippen LogP contribution in [0.15, 0.2) is 54.1 Å². The number of imidazole rings is 1. The maximum absolute atomic E-state index is 12.7. The van der Waals surface area contributed by atoms with Gasteiger partial charge in [-0.2, -0.15) is 0 Å². The van der Waals surface area contributed by atoms with Gasteiger partial charge < -0.3 is 15.0 Å². The van der Waals surface area contributed by atoms with Crippen LogP contribution in [0.1, 0.15) is 6.92 Å². The summed E-state index contributed by atoms with van der Waals surface area (Å²) in [5.74, 6) is -0.397. The second-order valence-corrected chi connectivity index (χ2v) is 5.96. The quantitative estimate of drug-likeness (QED) is 0.311. The molecule has 2 aromatic carbocycles. The molecule has 0 saturated carbocycles. The molecule has 1 heterocycles. The van der Waals surface area contributed by atoms with Gasteiger partial charge in [0.15, 0.2) is 10.6 Å². The molecule has 0 aliphatic rings. The predicted molar refractivity (Wildman–Crippen MR) is 104 cm³/mol. The first-order chi connectivity index (χ1) is 12.5. The molecule has 0 aliphatic heterocycles. The van der Waals surface area contributed by atoms with Gasteiger partial charge in [0.2, 0.25) is 0 Å². The number of rotatable bonds is 5. The molecule has 0 bridgehead atoms. The van der Waals surface area contributed by atoms with Gasteiger partial charge in [-0.25, -0.2) is 0 Å². The number of ether oxygens (including phenoxy) is 1. The lowest BCUT2D eigenvalue weighted by Crippen LogP contribution is -2.20. The number of Topliss-reactive ketones (excluding diaryl/α,β-unsaturated/α-hetero) is 1. The van der Waals surface area contributed by atoms with Crippen molar-refractivity contribution in [3.05, 3.63) is 58.9 Å². The van der Waals surface area contributed by atoms with Crippen molar-refractivity contribution in [2.24, 2.45) is 0 Å². The van der Waals surface area contributed by atoms with Gasteiger partial charge in [-0.3, -0.25) is 14.2 Å². The molecule has 0 spiro atoms. The second kappa shape index (κ2) is 7.37. The van der Waals surface area contributed by atoms with Crippen molar-refractivity contribution in [1.82, 2.24) is 9.55 Å². The van der Waals surface area contributed by atoms with E-state index in [4.69, 9.17) is 17.0 Å². The van der Waals surface area contributed by atoms with Gasteiger partial charge in [0.25, 0.3) is 5.91 Å². The Labute approximate surface area is 155 Å². The summed E-state index contributed by atoms with van der Waals surface area (Å²) in [5.41, 5.74) is 2.06. The normalized spacial score (nSPS) is 11.4. The molecule has 132 valence electrons. The monoisotopic (exact) mass is 367 g/mol. The summed E-state index contributed by atoms with van der Waals surface area (Å²) in [7, 11) is 1.51. The van der Waals surface area contributed by atoms with Gasteiger partial charge in [0.05, 0.1) is 29.4 Å². The van der Waals surface area contributed by atoms with Crippen LogP contribution in [-0.4, -0.2) is 28.4 Å². The van der Waals surface area contributed by atoms with E-state index in [1.807, 2.05) is 24.3 Å². The Hall–Kier alpha value is -3.19. The van der Waals surface area contributed by atoms with E-state index in [9.17, 15) is 9.59 Å². The average Bonchev–Trinajstić information content (AvgIpc) is 2.94. The van der Waals surface area contributed by atoms with Crippen molar-refractivity contribution < 1.29 is 14.3 Å². The third-order valence-corrected chi connectivity index (χ3v) is 4.16. The molecule has 1 aromatic heterocycles. The van der Waals surface area contributed by atoms with Crippen LogP contribution < -0.4 is 10.1 Å². The highest BCUT2D eigenvalue weighted by molar-refractivity contribution is 7.71. The van der Waals surface area contributed by atoms with Gasteiger partial charge in [0, 0.05) is 6.20 Å². The van der Waals surface area contributed by atoms with Crippen LogP contribution in [0.4, 0.5) is 5.69 Å². The van der Waals surface area contributed by atoms with Crippen molar-refractivity contribution >= 4 is 46.8 Å². The molecule has 0 atom stereocenters. The minimum Gasteiger partial charge on any atom is -0.495 e. The lowest BCUT2D eigenvalue weighted by molar-refractivity contribution is -0.118. The lowest BCUT2D eigenvalue weighted by Gasteiger charge is -2.11. The first kappa shape index (κ1) is 17.6. The summed E-state index contributed by atoms with van der Waals surface area (Å²) in [6.07, 6.45) is 1.45. The van der Waals surface area contributed by atoms with Crippen LogP contribution in [0.25, 0.3) is 17.2 Å². The molecule has 26 heavy (non-hydrogen) atoms. The molecule has 0 aliphatic carbocycles. The van der Waals surface area contributed by atoms with Crippen molar-refractivity contribution in [3.63, 3.8) is 0 Å². The van der Waals surface area contributed by atoms with Gasteiger partial charge in [-0.05, 0) is 43.4 Å². The van der Waals surface area contributed by atoms with Crippen LogP contribution in [0.3, 0.4) is 0 Å². The zero-order chi connectivity index (χ0) is 18.7. The first-order valence-corrected chi connectivity index (χ1v) is 8.28. The molecule has 0 fully saturated rings. The van der Waals surface area contributed by atoms with E-state index in [1.165, 1.54) is 20.2 Å². The number of nitrogens with one attached hydrogen (secondary N) is 2. The van der Waals surface area contributed by atoms with Gasteiger partial charge in [0.1, 0.15) is 5.75 Å². The number of hydrogen-bond donors (Lipinski definition) is 2. The third-order valence-electron chi connectivity index (χ3n) is 3.86. The molecular weight excluding hydrogens is 350 g/mol. The predicted octanol–water partition coefficient (Wildman–Crippen LogP) is 3.78. The standard InChI is InChI=1S/C19H17N3O3S/c1-12(23)13(18(24)20-15-8-4-6-10-17(15)25-2)11-22-16-9-5-3-7-14(16)21-19(22)26/h3-11H,1-2H3,(H,20,24)(H,21,26)/b13-11+. The topological polar surface area (TPSA) is 76.1 Å². The SMILES string of the molecule is COc1ccccc1NC(=O)/C(=C/n1c(=S)[nH]c2ccccc21)C(C)=O. The summed E-state index contributed by atoms with van der Waals surface area (Å²) < 4.78 is 7.24. The van der Waals surface area contributed by atoms with Crippen LogP contribution in [0, 0.1) is 4.77 Å². The van der Waals surface area contributed by atoms with Crippen LogP contribution in [0.2, 0.25) is 0 Å². The Morgan fingerprint density at radius 3 is 2.58 bits per heavy atom. The number of para-hydroxylation sites is 4. The molecule has 3 aromatic rings. The maximum Gasteiger partial charge on any atom is 0.260 e. The number of aromatic nitrogens is 2. The largest absolute Gasteiger partial charge is 0.495 e. The number of fused-ring (bicyclic) bond motifs is 1. The minimum atomic E-state index is -0.533. The third kappa shape index (κ3) is 3.43. The Balaban J connectivity index is 2.02. The van der Waals surface area contributed by atoms with E-state index in [0.717, 1.165) is 11.0 Å². The van der Waals surface area contributed by atoms with Crippen LogP contribution >= 0.6 is 12.2 Å². The fraction of sp³-hybridized carbons (Fsp3) is 0.105. The number of carbonyl (C=O) groups excluding carboxylic acids is 2. The number of hydrogen-bond acceptors (Lipinski definition) is 4. The first-order valence-electron chi connectivity index (χ1n) is 7.87. The molecule has 6 nitrogen and oxygen atoms in total. The summed E-state index contributed by atoms with van der Waals surface area (Å²) in [4.78, 5) is 27.8. The van der Waals surface area contributed by atoms with Crippen LogP contribution in [-0.2, 0) is 9.59 Å². The molecule has 1 amide bonds. The minimum absolute atomic E-state index is 0.0169. The number of methoxy groups -OCH3 is 1. The summed E-state index contributed by atoms with van der Waals surface area (Å²) in [5, 5.41) is 2.71. The zero-order valence-corrected chi connectivity index (χ0v) is 15.1. The van der Waals surface area contributed by atoms with Crippen molar-refractivity contribution in [2.45, 2.75) is 6.92 Å². The van der Waals surface area contributed by atoms with E-state index < -0.39 is 5.91 Å². The summed E-state index contributed by atoms with van der Waals surface area (Å²) in [6, 6.07) is 14.5. The van der Waals surface area contributed by atoms with Gasteiger partial charge in [-0.1, -0.05) is 24.3 Å². The smallest absolute Gasteiger partial charge is 0.260 e. The highest BCUT2D eigenvalue weighted by atomic mass is 32.1. The number of ketones is 1. The fourth-order valence-corrected chi connectivity index (χ4v) is 2.84. The Bertz CT molecular complexity index is 1080. The molecule has 0 unspecified atom stereocenters. The average molecular weight is 367 g/mol. The van der Waals surface area contributed by atoms with E-state index in [0.29, 0.717) is 16.2 Å². The van der Waals surface area contributed by atoms with Crippen molar-refractivity contribution in [3.8, 4) is 5.75 Å². The zero-order valence-electron chi connectivity index (χ0n) is 14.3. The molecular formula is C19H17N3O3S. The highest BCUT2D eigenvalue weighted by Gasteiger charge is 2.17. The lowest BCUT2D eigenvalue weighted by atomic mass is 10.1. The Morgan fingerprint density at radius 1 is 1.15 bits per heavy atom. The second-order valence-electron chi connectivity index (χ2n) is 5.57. The van der Waals surface area contributed by atoms with E-state index in [2.05, 4.69) is 10.3 Å². The number of aromatic amines is 1. The molecule has 7 heteroatoms. The van der Waals surface area contributed by atoms with Crippen molar-refractivity contribution in [1.29, 1.82) is 0 Å². The highest BCUT2D eigenvalue weighted by Crippen LogP contribution is 2.24.